The highest BCUT2D eigenvalue weighted by molar-refractivity contribution is 5.69. The summed E-state index contributed by atoms with van der Waals surface area (Å²) in [5.41, 5.74) is 1.13. The summed E-state index contributed by atoms with van der Waals surface area (Å²) in [6, 6.07) is 8.50. The standard InChI is InChI=1S/C16H23NO3/c1-17-11-3-4-14(17)12-20-15-8-5-13(6-9-15)7-10-16(18)19-2/h5-6,8-9,14H,3-4,7,10-12H2,1-2H3. The van der Waals surface area contributed by atoms with E-state index in [4.69, 9.17) is 4.74 Å². The van der Waals surface area contributed by atoms with Crippen molar-refractivity contribution >= 4 is 5.97 Å². The number of methoxy groups -OCH3 is 1. The number of ether oxygens (including phenoxy) is 2. The van der Waals surface area contributed by atoms with Crippen LogP contribution >= 0.6 is 0 Å². The van der Waals surface area contributed by atoms with Crippen LogP contribution in [0.4, 0.5) is 0 Å². The van der Waals surface area contributed by atoms with Crippen molar-refractivity contribution in [3.63, 3.8) is 0 Å². The van der Waals surface area contributed by atoms with Crippen LogP contribution in [0.3, 0.4) is 0 Å². The number of nitrogens with zero attached hydrogens (tertiary/aromatic N) is 1. The first kappa shape index (κ1) is 14.9. The normalized spacial score (nSPS) is 19.0. The summed E-state index contributed by atoms with van der Waals surface area (Å²) in [6.07, 6.45) is 3.60. The largest absolute Gasteiger partial charge is 0.492 e. The van der Waals surface area contributed by atoms with Crippen molar-refractivity contribution in [3.8, 4) is 5.75 Å². The molecule has 2 rings (SSSR count). The van der Waals surface area contributed by atoms with Gasteiger partial charge in [-0.05, 0) is 50.6 Å². The SMILES string of the molecule is COC(=O)CCc1ccc(OCC2CCCN2C)cc1. The van der Waals surface area contributed by atoms with Crippen LogP contribution in [-0.2, 0) is 16.0 Å². The first-order valence-corrected chi connectivity index (χ1v) is 7.18. The van der Waals surface area contributed by atoms with E-state index >= 15 is 0 Å². The van der Waals surface area contributed by atoms with Crippen LogP contribution in [-0.4, -0.2) is 44.2 Å². The van der Waals surface area contributed by atoms with Gasteiger partial charge in [0.05, 0.1) is 7.11 Å². The maximum Gasteiger partial charge on any atom is 0.305 e. The van der Waals surface area contributed by atoms with Crippen molar-refractivity contribution in [1.29, 1.82) is 0 Å². The Labute approximate surface area is 120 Å². The van der Waals surface area contributed by atoms with E-state index in [1.54, 1.807) is 0 Å². The quantitative estimate of drug-likeness (QED) is 0.748. The summed E-state index contributed by atoms with van der Waals surface area (Å²) in [5.74, 6) is 0.724. The van der Waals surface area contributed by atoms with Crippen molar-refractivity contribution in [3.05, 3.63) is 29.8 Å². The molecule has 1 aromatic rings. The zero-order valence-corrected chi connectivity index (χ0v) is 12.3. The van der Waals surface area contributed by atoms with Crippen LogP contribution in [0.25, 0.3) is 0 Å². The topological polar surface area (TPSA) is 38.8 Å². The molecule has 0 spiro atoms. The van der Waals surface area contributed by atoms with Gasteiger partial charge in [0.1, 0.15) is 12.4 Å². The summed E-state index contributed by atoms with van der Waals surface area (Å²) < 4.78 is 10.5. The molecule has 0 aliphatic carbocycles. The summed E-state index contributed by atoms with van der Waals surface area (Å²) in [4.78, 5) is 13.4. The summed E-state index contributed by atoms with van der Waals surface area (Å²) >= 11 is 0. The number of hydrogen-bond donors (Lipinski definition) is 0. The molecule has 0 N–H and O–H groups in total. The minimum Gasteiger partial charge on any atom is -0.492 e. The average molecular weight is 277 g/mol. The van der Waals surface area contributed by atoms with E-state index in [1.165, 1.54) is 26.5 Å². The van der Waals surface area contributed by atoms with E-state index in [0.717, 1.165) is 17.9 Å². The van der Waals surface area contributed by atoms with Gasteiger partial charge in [-0.1, -0.05) is 12.1 Å². The minimum absolute atomic E-state index is 0.172. The van der Waals surface area contributed by atoms with Gasteiger partial charge in [-0.25, -0.2) is 0 Å². The minimum atomic E-state index is -0.172. The Bertz CT molecular complexity index is 430. The lowest BCUT2D eigenvalue weighted by Crippen LogP contribution is -2.30. The fourth-order valence-electron chi connectivity index (χ4n) is 2.48. The monoisotopic (exact) mass is 277 g/mol. The average Bonchev–Trinajstić information content (AvgIpc) is 2.89. The number of carbonyl (C=O) groups excluding carboxylic acids is 1. The van der Waals surface area contributed by atoms with E-state index in [9.17, 15) is 4.79 Å². The van der Waals surface area contributed by atoms with Gasteiger partial charge in [0.25, 0.3) is 0 Å². The molecule has 1 heterocycles. The summed E-state index contributed by atoms with van der Waals surface area (Å²) in [5, 5.41) is 0. The molecular formula is C16H23NO3. The lowest BCUT2D eigenvalue weighted by atomic mass is 10.1. The highest BCUT2D eigenvalue weighted by Gasteiger charge is 2.21. The molecule has 1 atom stereocenters. The predicted octanol–water partition coefficient (Wildman–Crippen LogP) is 2.27. The van der Waals surface area contributed by atoms with Crippen molar-refractivity contribution < 1.29 is 14.3 Å². The Balaban J connectivity index is 1.77. The molecule has 4 heteroatoms. The highest BCUT2D eigenvalue weighted by atomic mass is 16.5. The molecule has 0 saturated carbocycles. The van der Waals surface area contributed by atoms with Gasteiger partial charge in [0.2, 0.25) is 0 Å². The van der Waals surface area contributed by atoms with Gasteiger partial charge in [0.15, 0.2) is 0 Å². The maximum absolute atomic E-state index is 11.1. The molecule has 4 nitrogen and oxygen atoms in total. The second-order valence-electron chi connectivity index (χ2n) is 5.31. The van der Waals surface area contributed by atoms with Gasteiger partial charge in [-0.15, -0.1) is 0 Å². The number of hydrogen-bond acceptors (Lipinski definition) is 4. The Hall–Kier alpha value is -1.55. The third-order valence-electron chi connectivity index (χ3n) is 3.88. The van der Waals surface area contributed by atoms with E-state index in [-0.39, 0.29) is 5.97 Å². The van der Waals surface area contributed by atoms with E-state index < -0.39 is 0 Å². The number of esters is 1. The second kappa shape index (κ2) is 7.29. The molecular weight excluding hydrogens is 254 g/mol. The molecule has 1 aliphatic heterocycles. The molecule has 0 bridgehead atoms. The number of benzene rings is 1. The number of likely N-dealkylation sites (N-methyl/N-ethyl adjacent to an activating group) is 1. The fourth-order valence-corrected chi connectivity index (χ4v) is 2.48. The summed E-state index contributed by atoms with van der Waals surface area (Å²) in [7, 11) is 3.57. The molecule has 1 fully saturated rings. The first-order valence-electron chi connectivity index (χ1n) is 7.18. The molecule has 0 amide bonds. The van der Waals surface area contributed by atoms with Crippen molar-refractivity contribution in [2.24, 2.45) is 0 Å². The number of rotatable bonds is 6. The van der Waals surface area contributed by atoms with Gasteiger partial charge in [-0.3, -0.25) is 4.79 Å². The van der Waals surface area contributed by atoms with Crippen molar-refractivity contribution in [2.75, 3.05) is 27.3 Å². The van der Waals surface area contributed by atoms with E-state index in [0.29, 0.717) is 18.9 Å². The van der Waals surface area contributed by atoms with E-state index in [2.05, 4.69) is 16.7 Å². The van der Waals surface area contributed by atoms with Crippen LogP contribution in [0.2, 0.25) is 0 Å². The van der Waals surface area contributed by atoms with Crippen molar-refractivity contribution in [2.45, 2.75) is 31.7 Å². The van der Waals surface area contributed by atoms with Gasteiger partial charge < -0.3 is 14.4 Å². The van der Waals surface area contributed by atoms with Gasteiger partial charge in [-0.2, -0.15) is 0 Å². The first-order chi connectivity index (χ1) is 9.69. The Morgan fingerprint density at radius 1 is 1.35 bits per heavy atom. The summed E-state index contributed by atoms with van der Waals surface area (Å²) in [6.45, 7) is 1.92. The molecule has 0 radical (unpaired) electrons. The Morgan fingerprint density at radius 2 is 2.10 bits per heavy atom. The molecule has 1 aliphatic rings. The molecule has 0 aromatic heterocycles. The molecule has 20 heavy (non-hydrogen) atoms. The van der Waals surface area contributed by atoms with Crippen LogP contribution in [0.1, 0.15) is 24.8 Å². The van der Waals surface area contributed by atoms with Crippen LogP contribution in [0, 0.1) is 0 Å². The smallest absolute Gasteiger partial charge is 0.305 e. The van der Waals surface area contributed by atoms with Gasteiger partial charge in [0, 0.05) is 12.5 Å². The fraction of sp³-hybridized carbons (Fsp3) is 0.562. The Kier molecular flexibility index (Phi) is 5.41. The maximum atomic E-state index is 11.1. The second-order valence-corrected chi connectivity index (χ2v) is 5.31. The van der Waals surface area contributed by atoms with E-state index in [1.807, 2.05) is 24.3 Å². The number of likely N-dealkylation sites (tertiary alicyclic amines) is 1. The molecule has 1 aromatic carbocycles. The molecule has 110 valence electrons. The Morgan fingerprint density at radius 3 is 2.70 bits per heavy atom. The number of aryl methyl sites for hydroxylation is 1. The van der Waals surface area contributed by atoms with Gasteiger partial charge >= 0.3 is 5.97 Å². The third-order valence-corrected chi connectivity index (χ3v) is 3.88. The molecule has 1 saturated heterocycles. The van der Waals surface area contributed by atoms with Crippen LogP contribution < -0.4 is 4.74 Å². The zero-order valence-electron chi connectivity index (χ0n) is 12.3. The lowest BCUT2D eigenvalue weighted by molar-refractivity contribution is -0.140. The third kappa shape index (κ3) is 4.23. The van der Waals surface area contributed by atoms with Crippen molar-refractivity contribution in [1.82, 2.24) is 4.90 Å². The highest BCUT2D eigenvalue weighted by Crippen LogP contribution is 2.18. The number of carbonyl (C=O) groups is 1. The predicted molar refractivity (Wildman–Crippen MR) is 77.9 cm³/mol. The van der Waals surface area contributed by atoms with Crippen LogP contribution in [0.5, 0.6) is 5.75 Å². The lowest BCUT2D eigenvalue weighted by Gasteiger charge is -2.19. The van der Waals surface area contributed by atoms with Crippen LogP contribution in [0.15, 0.2) is 24.3 Å². The molecule has 1 unspecified atom stereocenters. The zero-order chi connectivity index (χ0) is 14.4.